The van der Waals surface area contributed by atoms with Crippen molar-refractivity contribution in [3.8, 4) is 0 Å². The molecule has 5 nitrogen and oxygen atoms in total. The number of hydrogen-bond donors (Lipinski definition) is 3. The maximum atomic E-state index is 12.0. The molecule has 2 rings (SSSR count). The fourth-order valence-corrected chi connectivity index (χ4v) is 2.89. The van der Waals surface area contributed by atoms with E-state index in [-0.39, 0.29) is 10.0 Å². The molecule has 0 atom stereocenters. The number of nitrogens with one attached hydrogen (secondary N) is 3. The largest absolute Gasteiger partial charge is 0.331 e. The molecule has 7 heteroatoms. The first kappa shape index (κ1) is 16.4. The summed E-state index contributed by atoms with van der Waals surface area (Å²) in [7, 11) is -3.65. The Balaban J connectivity index is 2.00. The van der Waals surface area contributed by atoms with E-state index < -0.39 is 10.0 Å². The summed E-state index contributed by atoms with van der Waals surface area (Å²) in [5, 5.41) is 3.14. The van der Waals surface area contributed by atoms with Crippen LogP contribution >= 0.6 is 12.2 Å². The number of hydrogen-bond acceptors (Lipinski definition) is 3. The lowest BCUT2D eigenvalue weighted by Crippen LogP contribution is -2.43. The van der Waals surface area contributed by atoms with Crippen LogP contribution in [-0.2, 0) is 10.0 Å². The molecule has 0 saturated heterocycles. The fraction of sp³-hybridized carbons (Fsp3) is 0.133. The van der Waals surface area contributed by atoms with Crippen LogP contribution in [-0.4, -0.2) is 13.5 Å². The van der Waals surface area contributed by atoms with Crippen LogP contribution in [0.3, 0.4) is 0 Å². The summed E-state index contributed by atoms with van der Waals surface area (Å²) in [5.41, 5.74) is 5.43. The minimum Gasteiger partial charge on any atom is -0.331 e. The maximum Gasteiger partial charge on any atom is 0.257 e. The molecular formula is C15H17N3O2S2. The molecule has 0 amide bonds. The molecule has 0 unspecified atom stereocenters. The second kappa shape index (κ2) is 6.87. The molecule has 0 fully saturated rings. The zero-order valence-corrected chi connectivity index (χ0v) is 13.9. The molecule has 2 aromatic carbocycles. The molecule has 0 aromatic heterocycles. The highest BCUT2D eigenvalue weighted by molar-refractivity contribution is 7.89. The van der Waals surface area contributed by atoms with Crippen molar-refractivity contribution in [1.82, 2.24) is 10.3 Å². The van der Waals surface area contributed by atoms with Crippen molar-refractivity contribution in [1.29, 1.82) is 0 Å². The summed E-state index contributed by atoms with van der Waals surface area (Å²) in [4.78, 5) is 2.41. The standard InChI is InChI=1S/C15H17N3O2S2/c1-11-8-9-12(2)14(10-11)16-15(21)17-18-22(19,20)13-6-4-3-5-7-13/h3-10,18H,1-2H3,(H2,16,17,21). The van der Waals surface area contributed by atoms with Crippen LogP contribution in [0.5, 0.6) is 0 Å². The highest BCUT2D eigenvalue weighted by Gasteiger charge is 2.13. The van der Waals surface area contributed by atoms with E-state index in [0.29, 0.717) is 0 Å². The van der Waals surface area contributed by atoms with Crippen molar-refractivity contribution in [2.24, 2.45) is 0 Å². The summed E-state index contributed by atoms with van der Waals surface area (Å²) >= 11 is 5.11. The Morgan fingerprint density at radius 3 is 2.41 bits per heavy atom. The minimum atomic E-state index is -3.65. The Morgan fingerprint density at radius 2 is 1.73 bits per heavy atom. The van der Waals surface area contributed by atoms with E-state index in [1.807, 2.05) is 32.0 Å². The van der Waals surface area contributed by atoms with Gasteiger partial charge in [-0.25, -0.2) is 8.42 Å². The average Bonchev–Trinajstić information content (AvgIpc) is 2.50. The summed E-state index contributed by atoms with van der Waals surface area (Å²) < 4.78 is 24.1. The van der Waals surface area contributed by atoms with Gasteiger partial charge in [0, 0.05) is 5.69 Å². The van der Waals surface area contributed by atoms with Crippen molar-refractivity contribution in [2.45, 2.75) is 18.7 Å². The van der Waals surface area contributed by atoms with Crippen LogP contribution in [0, 0.1) is 13.8 Å². The van der Waals surface area contributed by atoms with Gasteiger partial charge in [-0.1, -0.05) is 30.3 Å². The highest BCUT2D eigenvalue weighted by Crippen LogP contribution is 2.16. The van der Waals surface area contributed by atoms with Crippen LogP contribution in [0.1, 0.15) is 11.1 Å². The third kappa shape index (κ3) is 4.27. The number of anilines is 1. The number of sulfonamides is 1. The second-order valence-corrected chi connectivity index (χ2v) is 6.91. The predicted molar refractivity (Wildman–Crippen MR) is 92.0 cm³/mol. The molecule has 0 aliphatic carbocycles. The molecule has 0 aliphatic heterocycles. The molecule has 2 aromatic rings. The lowest BCUT2D eigenvalue weighted by Gasteiger charge is -2.14. The monoisotopic (exact) mass is 335 g/mol. The molecule has 0 heterocycles. The minimum absolute atomic E-state index is 0.164. The van der Waals surface area contributed by atoms with Gasteiger partial charge in [0.2, 0.25) is 0 Å². The normalized spacial score (nSPS) is 11.0. The lowest BCUT2D eigenvalue weighted by molar-refractivity contribution is 0.578. The zero-order valence-electron chi connectivity index (χ0n) is 12.3. The van der Waals surface area contributed by atoms with Crippen molar-refractivity contribution < 1.29 is 8.42 Å². The van der Waals surface area contributed by atoms with Crippen LogP contribution in [0.15, 0.2) is 53.4 Å². The molecule has 0 spiro atoms. The number of rotatable bonds is 4. The van der Waals surface area contributed by atoms with Gasteiger partial charge in [-0.15, -0.1) is 4.83 Å². The lowest BCUT2D eigenvalue weighted by atomic mass is 10.1. The molecular weight excluding hydrogens is 318 g/mol. The van der Waals surface area contributed by atoms with Gasteiger partial charge in [0.25, 0.3) is 10.0 Å². The second-order valence-electron chi connectivity index (χ2n) is 4.82. The average molecular weight is 335 g/mol. The van der Waals surface area contributed by atoms with Crippen molar-refractivity contribution >= 4 is 33.0 Å². The van der Waals surface area contributed by atoms with E-state index in [9.17, 15) is 8.42 Å². The molecule has 0 aliphatic rings. The molecule has 22 heavy (non-hydrogen) atoms. The van der Waals surface area contributed by atoms with Crippen LogP contribution < -0.4 is 15.6 Å². The third-order valence-electron chi connectivity index (χ3n) is 2.99. The van der Waals surface area contributed by atoms with Crippen molar-refractivity contribution in [3.63, 3.8) is 0 Å². The number of thiocarbonyl (C=S) groups is 1. The summed E-state index contributed by atoms with van der Waals surface area (Å²) in [6.45, 7) is 3.91. The molecule has 0 saturated carbocycles. The first-order chi connectivity index (χ1) is 10.4. The van der Waals surface area contributed by atoms with E-state index in [1.165, 1.54) is 12.1 Å². The van der Waals surface area contributed by atoms with Gasteiger partial charge in [-0.3, -0.25) is 5.43 Å². The topological polar surface area (TPSA) is 70.2 Å². The smallest absolute Gasteiger partial charge is 0.257 e. The third-order valence-corrected chi connectivity index (χ3v) is 4.46. The number of hydrazine groups is 1. The van der Waals surface area contributed by atoms with E-state index in [0.717, 1.165) is 16.8 Å². The predicted octanol–water partition coefficient (Wildman–Crippen LogP) is 2.48. The van der Waals surface area contributed by atoms with E-state index in [2.05, 4.69) is 15.6 Å². The number of benzene rings is 2. The SMILES string of the molecule is Cc1ccc(C)c(NC(=S)NNS(=O)(=O)c2ccccc2)c1. The summed E-state index contributed by atoms with van der Waals surface area (Å²) in [6.07, 6.45) is 0. The Kier molecular flexibility index (Phi) is 5.12. The van der Waals surface area contributed by atoms with Gasteiger partial charge >= 0.3 is 0 Å². The first-order valence-corrected chi connectivity index (χ1v) is 8.49. The molecule has 0 bridgehead atoms. The van der Waals surface area contributed by atoms with Gasteiger partial charge in [0.15, 0.2) is 5.11 Å². The van der Waals surface area contributed by atoms with Gasteiger partial charge < -0.3 is 5.32 Å². The van der Waals surface area contributed by atoms with Gasteiger partial charge in [-0.05, 0) is 55.4 Å². The van der Waals surface area contributed by atoms with Crippen LogP contribution in [0.2, 0.25) is 0 Å². The van der Waals surface area contributed by atoms with E-state index in [1.54, 1.807) is 18.2 Å². The summed E-state index contributed by atoms with van der Waals surface area (Å²) in [5.74, 6) is 0. The first-order valence-electron chi connectivity index (χ1n) is 6.59. The zero-order chi connectivity index (χ0) is 16.2. The Morgan fingerprint density at radius 1 is 1.05 bits per heavy atom. The van der Waals surface area contributed by atoms with Crippen molar-refractivity contribution in [2.75, 3.05) is 5.32 Å². The van der Waals surface area contributed by atoms with Crippen LogP contribution in [0.4, 0.5) is 5.69 Å². The van der Waals surface area contributed by atoms with Crippen molar-refractivity contribution in [3.05, 3.63) is 59.7 Å². The van der Waals surface area contributed by atoms with Crippen LogP contribution in [0.25, 0.3) is 0 Å². The van der Waals surface area contributed by atoms with Gasteiger partial charge in [0.1, 0.15) is 0 Å². The Bertz CT molecular complexity index is 775. The maximum absolute atomic E-state index is 12.0. The summed E-state index contributed by atoms with van der Waals surface area (Å²) in [6, 6.07) is 14.0. The van der Waals surface area contributed by atoms with E-state index >= 15 is 0 Å². The quantitative estimate of drug-likeness (QED) is 0.591. The highest BCUT2D eigenvalue weighted by atomic mass is 32.2. The fourth-order valence-electron chi connectivity index (χ4n) is 1.80. The molecule has 0 radical (unpaired) electrons. The van der Waals surface area contributed by atoms with E-state index in [4.69, 9.17) is 12.2 Å². The van der Waals surface area contributed by atoms with Gasteiger partial charge in [0.05, 0.1) is 4.90 Å². The number of aryl methyl sites for hydroxylation is 2. The molecule has 116 valence electrons. The Hall–Kier alpha value is -1.96. The Labute approximate surface area is 135 Å². The van der Waals surface area contributed by atoms with Gasteiger partial charge in [-0.2, -0.15) is 0 Å². The molecule has 3 N–H and O–H groups in total.